The molecule has 45 heavy (non-hydrogen) atoms. The molecule has 2 N–H and O–H groups in total. The lowest BCUT2D eigenvalue weighted by molar-refractivity contribution is -0.139. The predicted molar refractivity (Wildman–Crippen MR) is 176 cm³/mol. The molecule has 246 valence electrons. The van der Waals surface area contributed by atoms with Gasteiger partial charge in [0, 0.05) is 48.5 Å². The highest BCUT2D eigenvalue weighted by Gasteiger charge is 2.66. The predicted octanol–water partition coefficient (Wildman–Crippen LogP) is 5.72. The molecule has 2 bridgehead atoms. The van der Waals surface area contributed by atoms with E-state index in [4.69, 9.17) is 10.5 Å². The zero-order valence-corrected chi connectivity index (χ0v) is 28.0. The maximum Gasteiger partial charge on any atom is 0.240 e. The Morgan fingerprint density at radius 1 is 1.11 bits per heavy atom. The number of carbonyl (C=O) groups is 2. The van der Waals surface area contributed by atoms with Crippen LogP contribution < -0.4 is 10.5 Å². The number of carbonyl (C=O) groups excluding carboxylic acids is 2. The zero-order valence-electron chi connectivity index (χ0n) is 27.2. The van der Waals surface area contributed by atoms with E-state index < -0.39 is 21.5 Å². The molecule has 1 saturated heterocycles. The first-order valence-electron chi connectivity index (χ1n) is 17.1. The van der Waals surface area contributed by atoms with Gasteiger partial charge in [0.15, 0.2) is 0 Å². The monoisotopic (exact) mass is 638 g/mol. The molecule has 2 aromatic rings. The van der Waals surface area contributed by atoms with E-state index in [1.54, 1.807) is 17.4 Å². The number of fused-ring (bicyclic) bond motifs is 3. The van der Waals surface area contributed by atoms with E-state index in [2.05, 4.69) is 18.8 Å². The topological polar surface area (TPSA) is 123 Å². The van der Waals surface area contributed by atoms with Crippen LogP contribution in [0.3, 0.4) is 0 Å². The number of hydrogen-bond donors (Lipinski definition) is 1. The van der Waals surface area contributed by atoms with Gasteiger partial charge in [-0.25, -0.2) is 13.4 Å². The molecular weight excluding hydrogens is 588 g/mol. The summed E-state index contributed by atoms with van der Waals surface area (Å²) in [4.78, 5) is 33.7. The standard InChI is InChI=1S/C35H50N4O5S/c1-24(39(28-10-5-4-6-11-28)45(42,43)23-35-17-14-26(22-31(35)40)34(35,2)3)33(41)38-19-8-7-9-27(38)16-20-44-29-12-13-30-25(21-29)15-18-37-32(30)36/h12-13,15,18,21,24,26-28H,4-11,14,16-17,19-20,22-23H2,1-3H3,(H2,36,37)/t24-,26?,27-,35?/m0/s1. The Hall–Kier alpha value is -2.72. The van der Waals surface area contributed by atoms with Crippen molar-refractivity contribution in [3.8, 4) is 5.75 Å². The Kier molecular flexibility index (Phi) is 8.93. The number of hydrogen-bond acceptors (Lipinski definition) is 7. The molecule has 10 heteroatoms. The number of likely N-dealkylation sites (tertiary alicyclic amines) is 1. The maximum atomic E-state index is 14.5. The molecule has 6 rings (SSSR count). The summed E-state index contributed by atoms with van der Waals surface area (Å²) < 4.78 is 36.8. The van der Waals surface area contributed by atoms with E-state index in [0.29, 0.717) is 38.2 Å². The summed E-state index contributed by atoms with van der Waals surface area (Å²) in [6, 6.07) is 6.62. The number of ketones is 1. The summed E-state index contributed by atoms with van der Waals surface area (Å²) in [6.45, 7) is 7.00. The fourth-order valence-electron chi connectivity index (χ4n) is 9.14. The summed E-state index contributed by atoms with van der Waals surface area (Å²) in [5, 5.41) is 1.84. The number of nitrogens with two attached hydrogens (primary N) is 1. The number of anilines is 1. The van der Waals surface area contributed by atoms with Crippen LogP contribution in [0.25, 0.3) is 10.8 Å². The lowest BCUT2D eigenvalue weighted by Crippen LogP contribution is -2.58. The fraction of sp³-hybridized carbons (Fsp3) is 0.686. The Morgan fingerprint density at radius 3 is 2.58 bits per heavy atom. The van der Waals surface area contributed by atoms with E-state index in [0.717, 1.165) is 74.3 Å². The van der Waals surface area contributed by atoms with Gasteiger partial charge in [0.2, 0.25) is 15.9 Å². The van der Waals surface area contributed by atoms with Crippen LogP contribution >= 0.6 is 0 Å². The van der Waals surface area contributed by atoms with Crippen molar-refractivity contribution >= 4 is 38.3 Å². The first-order valence-corrected chi connectivity index (χ1v) is 18.7. The number of ether oxygens (including phenoxy) is 1. The molecule has 1 aliphatic heterocycles. The van der Waals surface area contributed by atoms with Crippen molar-refractivity contribution in [2.45, 2.75) is 116 Å². The second-order valence-electron chi connectivity index (χ2n) is 14.6. The molecule has 1 amide bonds. The van der Waals surface area contributed by atoms with Crippen molar-refractivity contribution in [3.63, 3.8) is 0 Å². The average Bonchev–Trinajstić information content (AvgIpc) is 3.36. The molecule has 2 heterocycles. The molecule has 4 aliphatic rings. The van der Waals surface area contributed by atoms with Crippen molar-refractivity contribution in [1.29, 1.82) is 0 Å². The molecule has 2 unspecified atom stereocenters. The van der Waals surface area contributed by atoms with Gasteiger partial charge in [0.25, 0.3) is 0 Å². The van der Waals surface area contributed by atoms with E-state index in [1.807, 2.05) is 29.2 Å². The van der Waals surface area contributed by atoms with Gasteiger partial charge in [0.05, 0.1) is 12.4 Å². The van der Waals surface area contributed by atoms with E-state index in [9.17, 15) is 18.0 Å². The third kappa shape index (κ3) is 5.86. The van der Waals surface area contributed by atoms with Gasteiger partial charge < -0.3 is 15.4 Å². The number of amides is 1. The summed E-state index contributed by atoms with van der Waals surface area (Å²) in [6.07, 6.45) is 11.6. The molecule has 4 atom stereocenters. The van der Waals surface area contributed by atoms with E-state index >= 15 is 0 Å². The number of Topliss-reactive ketones (excluding diaryl/α,β-unsaturated/α-hetero) is 1. The lowest BCUT2D eigenvalue weighted by atomic mass is 9.70. The number of sulfonamides is 1. The third-order valence-electron chi connectivity index (χ3n) is 12.0. The smallest absolute Gasteiger partial charge is 0.240 e. The highest BCUT2D eigenvalue weighted by Crippen LogP contribution is 2.64. The molecule has 0 spiro atoms. The van der Waals surface area contributed by atoms with Gasteiger partial charge in [-0.05, 0) is 92.9 Å². The first kappa shape index (κ1) is 32.2. The lowest BCUT2D eigenvalue weighted by Gasteiger charge is -2.44. The molecule has 1 aromatic heterocycles. The molecule has 3 aliphatic carbocycles. The SMILES string of the molecule is C[C@@H](C(=O)N1CCCC[C@H]1CCOc1ccc2c(N)nccc2c1)N(C1CCCCC1)S(=O)(=O)CC12CCC(CC1=O)C2(C)C. The van der Waals surface area contributed by atoms with Crippen molar-refractivity contribution in [3.05, 3.63) is 30.5 Å². The van der Waals surface area contributed by atoms with Gasteiger partial charge in [-0.1, -0.05) is 33.1 Å². The van der Waals surface area contributed by atoms with Crippen LogP contribution in [0.1, 0.15) is 97.8 Å². The van der Waals surface area contributed by atoms with Crippen molar-refractivity contribution < 1.29 is 22.7 Å². The number of nitrogens with zero attached hydrogens (tertiary/aromatic N) is 3. The van der Waals surface area contributed by atoms with Gasteiger partial charge in [-0.3, -0.25) is 9.59 Å². The van der Waals surface area contributed by atoms with Crippen molar-refractivity contribution in [2.75, 3.05) is 24.6 Å². The highest BCUT2D eigenvalue weighted by atomic mass is 32.2. The summed E-state index contributed by atoms with van der Waals surface area (Å²) in [5.41, 5.74) is 4.78. The zero-order chi connectivity index (χ0) is 32.0. The van der Waals surface area contributed by atoms with E-state index in [-0.39, 0.29) is 40.9 Å². The number of rotatable bonds is 10. The van der Waals surface area contributed by atoms with Gasteiger partial charge in [0.1, 0.15) is 23.4 Å². The average molecular weight is 639 g/mol. The molecule has 9 nitrogen and oxygen atoms in total. The van der Waals surface area contributed by atoms with Crippen LogP contribution in [0, 0.1) is 16.7 Å². The second kappa shape index (κ2) is 12.5. The van der Waals surface area contributed by atoms with Gasteiger partial charge in [-0.15, -0.1) is 0 Å². The highest BCUT2D eigenvalue weighted by molar-refractivity contribution is 7.89. The number of pyridine rings is 1. The minimum atomic E-state index is -3.90. The number of nitrogen functional groups attached to an aromatic ring is 1. The summed E-state index contributed by atoms with van der Waals surface area (Å²) >= 11 is 0. The minimum absolute atomic E-state index is 0.0190. The molecule has 1 aromatic carbocycles. The Morgan fingerprint density at radius 2 is 1.87 bits per heavy atom. The number of benzene rings is 1. The number of aromatic nitrogens is 1. The quantitative estimate of drug-likeness (QED) is 0.353. The largest absolute Gasteiger partial charge is 0.493 e. The third-order valence-corrected chi connectivity index (χ3v) is 14.1. The molecule has 4 fully saturated rings. The van der Waals surface area contributed by atoms with Crippen LogP contribution in [0.2, 0.25) is 0 Å². The molecule has 3 saturated carbocycles. The normalized spacial score (nSPS) is 27.7. The van der Waals surface area contributed by atoms with Crippen LogP contribution in [-0.2, 0) is 19.6 Å². The Labute approximate surface area is 268 Å². The first-order chi connectivity index (χ1) is 21.4. The van der Waals surface area contributed by atoms with Gasteiger partial charge in [-0.2, -0.15) is 4.31 Å². The molecule has 0 radical (unpaired) electrons. The molecular formula is C35H50N4O5S. The fourth-order valence-corrected chi connectivity index (χ4v) is 11.8. The van der Waals surface area contributed by atoms with Crippen molar-refractivity contribution in [2.24, 2.45) is 16.7 Å². The Balaban J connectivity index is 1.18. The maximum absolute atomic E-state index is 14.5. The van der Waals surface area contributed by atoms with Crippen LogP contribution in [0.5, 0.6) is 5.75 Å². The number of piperidine rings is 1. The second-order valence-corrected chi connectivity index (χ2v) is 16.5. The van der Waals surface area contributed by atoms with E-state index in [1.165, 1.54) is 0 Å². The van der Waals surface area contributed by atoms with Crippen LogP contribution in [0.4, 0.5) is 5.82 Å². The van der Waals surface area contributed by atoms with Crippen LogP contribution in [-0.4, -0.2) is 71.3 Å². The van der Waals surface area contributed by atoms with Crippen molar-refractivity contribution in [1.82, 2.24) is 14.2 Å². The van der Waals surface area contributed by atoms with Gasteiger partial charge >= 0.3 is 0 Å². The minimum Gasteiger partial charge on any atom is -0.493 e. The summed E-state index contributed by atoms with van der Waals surface area (Å²) in [7, 11) is -3.90. The summed E-state index contributed by atoms with van der Waals surface area (Å²) in [5.74, 6) is 1.26. The Bertz CT molecular complexity index is 1540. The van der Waals surface area contributed by atoms with Crippen LogP contribution in [0.15, 0.2) is 30.5 Å².